The van der Waals surface area contributed by atoms with Crippen LogP contribution in [0.25, 0.3) is 0 Å². The van der Waals surface area contributed by atoms with Crippen molar-refractivity contribution in [3.05, 3.63) is 0 Å². The van der Waals surface area contributed by atoms with E-state index in [0.29, 0.717) is 13.1 Å². The molecule has 0 aromatic rings. The van der Waals surface area contributed by atoms with Crippen molar-refractivity contribution < 1.29 is 8.42 Å². The number of hydrogen-bond acceptors (Lipinski definition) is 3. The van der Waals surface area contributed by atoms with E-state index in [9.17, 15) is 8.42 Å². The smallest absolute Gasteiger partial charge is 0.215 e. The fourth-order valence-electron chi connectivity index (χ4n) is 3.04. The Kier molecular flexibility index (Phi) is 4.84. The van der Waals surface area contributed by atoms with Gasteiger partial charge in [-0.1, -0.05) is 40.5 Å². The standard InChI is InChI=1S/C13H28N2O2S/c1-5-15(13(10-14)8-6-7-9-13)18(16,17)11-12(2,3)4/h5-11,14H2,1-4H3. The lowest BCUT2D eigenvalue weighted by Gasteiger charge is -2.40. The Morgan fingerprint density at radius 3 is 2.06 bits per heavy atom. The van der Waals surface area contributed by atoms with Crippen molar-refractivity contribution in [3.8, 4) is 0 Å². The molecule has 0 heterocycles. The van der Waals surface area contributed by atoms with Crippen molar-refractivity contribution in [1.82, 2.24) is 4.31 Å². The molecule has 0 saturated heterocycles. The predicted molar refractivity (Wildman–Crippen MR) is 75.9 cm³/mol. The van der Waals surface area contributed by atoms with E-state index >= 15 is 0 Å². The maximum absolute atomic E-state index is 12.6. The summed E-state index contributed by atoms with van der Waals surface area (Å²) in [6.07, 6.45) is 3.97. The largest absolute Gasteiger partial charge is 0.329 e. The molecule has 5 heteroatoms. The summed E-state index contributed by atoms with van der Waals surface area (Å²) in [6, 6.07) is 0. The normalized spacial score (nSPS) is 20.6. The maximum atomic E-state index is 12.6. The van der Waals surface area contributed by atoms with Gasteiger partial charge in [-0.3, -0.25) is 0 Å². The molecule has 0 atom stereocenters. The van der Waals surface area contributed by atoms with Gasteiger partial charge in [0.05, 0.1) is 5.75 Å². The average molecular weight is 276 g/mol. The summed E-state index contributed by atoms with van der Waals surface area (Å²) in [7, 11) is -3.23. The quantitative estimate of drug-likeness (QED) is 0.835. The van der Waals surface area contributed by atoms with Crippen molar-refractivity contribution >= 4 is 10.0 Å². The fraction of sp³-hybridized carbons (Fsp3) is 1.00. The highest BCUT2D eigenvalue weighted by Crippen LogP contribution is 2.37. The SMILES string of the molecule is CCN(C1(CN)CCCC1)S(=O)(=O)CC(C)(C)C. The number of sulfonamides is 1. The van der Waals surface area contributed by atoms with Crippen LogP contribution in [0.2, 0.25) is 0 Å². The Bertz CT molecular complexity index is 365. The molecule has 108 valence electrons. The van der Waals surface area contributed by atoms with Crippen molar-refractivity contribution in [2.24, 2.45) is 11.1 Å². The second kappa shape index (κ2) is 5.47. The lowest BCUT2D eigenvalue weighted by molar-refractivity contribution is 0.202. The van der Waals surface area contributed by atoms with Gasteiger partial charge in [0.15, 0.2) is 0 Å². The van der Waals surface area contributed by atoms with Gasteiger partial charge in [0, 0.05) is 18.6 Å². The summed E-state index contributed by atoms with van der Waals surface area (Å²) in [5.41, 5.74) is 5.36. The van der Waals surface area contributed by atoms with Gasteiger partial charge in [-0.05, 0) is 18.3 Å². The Hall–Kier alpha value is -0.130. The summed E-state index contributed by atoms with van der Waals surface area (Å²) >= 11 is 0. The topological polar surface area (TPSA) is 63.4 Å². The first-order valence-electron chi connectivity index (χ1n) is 6.87. The third-order valence-corrected chi connectivity index (χ3v) is 6.23. The molecule has 0 radical (unpaired) electrons. The second-order valence-corrected chi connectivity index (χ2v) is 8.51. The Labute approximate surface area is 112 Å². The molecule has 1 aliphatic carbocycles. The molecular weight excluding hydrogens is 248 g/mol. The highest BCUT2D eigenvalue weighted by atomic mass is 32.2. The molecule has 2 N–H and O–H groups in total. The van der Waals surface area contributed by atoms with E-state index in [4.69, 9.17) is 5.73 Å². The highest BCUT2D eigenvalue weighted by Gasteiger charge is 2.44. The Morgan fingerprint density at radius 1 is 1.22 bits per heavy atom. The molecule has 0 aromatic heterocycles. The van der Waals surface area contributed by atoms with E-state index in [0.717, 1.165) is 25.7 Å². The molecule has 0 aliphatic heterocycles. The van der Waals surface area contributed by atoms with Crippen molar-refractivity contribution in [1.29, 1.82) is 0 Å². The lowest BCUT2D eigenvalue weighted by atomic mass is 9.98. The van der Waals surface area contributed by atoms with Gasteiger partial charge < -0.3 is 5.73 Å². The van der Waals surface area contributed by atoms with Crippen molar-refractivity contribution in [3.63, 3.8) is 0 Å². The number of nitrogens with zero attached hydrogens (tertiary/aromatic N) is 1. The molecule has 0 spiro atoms. The zero-order valence-electron chi connectivity index (χ0n) is 12.2. The average Bonchev–Trinajstić information content (AvgIpc) is 2.64. The van der Waals surface area contributed by atoms with Crippen LogP contribution in [0.15, 0.2) is 0 Å². The zero-order chi connectivity index (χ0) is 14.0. The first-order chi connectivity index (χ1) is 8.17. The van der Waals surface area contributed by atoms with Crippen LogP contribution in [0, 0.1) is 5.41 Å². The van der Waals surface area contributed by atoms with Gasteiger partial charge in [-0.15, -0.1) is 0 Å². The van der Waals surface area contributed by atoms with E-state index in [1.807, 2.05) is 27.7 Å². The first-order valence-corrected chi connectivity index (χ1v) is 8.48. The number of likely N-dealkylation sites (N-methyl/N-ethyl adjacent to an activating group) is 1. The Balaban J connectivity index is 3.02. The van der Waals surface area contributed by atoms with Crippen LogP contribution in [-0.4, -0.2) is 37.1 Å². The summed E-state index contributed by atoms with van der Waals surface area (Å²) < 4.78 is 26.9. The lowest BCUT2D eigenvalue weighted by Crippen LogP contribution is -2.55. The molecule has 1 rings (SSSR count). The van der Waals surface area contributed by atoms with Gasteiger partial charge >= 0.3 is 0 Å². The molecule has 1 saturated carbocycles. The maximum Gasteiger partial charge on any atom is 0.215 e. The summed E-state index contributed by atoms with van der Waals surface area (Å²) in [4.78, 5) is 0. The van der Waals surface area contributed by atoms with E-state index < -0.39 is 10.0 Å². The van der Waals surface area contributed by atoms with Crippen molar-refractivity contribution in [2.45, 2.75) is 58.9 Å². The van der Waals surface area contributed by atoms with Gasteiger partial charge in [-0.2, -0.15) is 4.31 Å². The fourth-order valence-corrected chi connectivity index (χ4v) is 5.53. The van der Waals surface area contributed by atoms with Crippen LogP contribution in [0.4, 0.5) is 0 Å². The summed E-state index contributed by atoms with van der Waals surface area (Å²) in [6.45, 7) is 8.75. The minimum Gasteiger partial charge on any atom is -0.329 e. The minimum absolute atomic E-state index is 0.190. The van der Waals surface area contributed by atoms with Gasteiger partial charge in [-0.25, -0.2) is 8.42 Å². The van der Waals surface area contributed by atoms with E-state index in [1.54, 1.807) is 4.31 Å². The van der Waals surface area contributed by atoms with Crippen LogP contribution in [0.3, 0.4) is 0 Å². The molecular formula is C13H28N2O2S. The molecule has 0 bridgehead atoms. The zero-order valence-corrected chi connectivity index (χ0v) is 13.0. The molecule has 0 amide bonds. The van der Waals surface area contributed by atoms with Gasteiger partial charge in [0.1, 0.15) is 0 Å². The number of rotatable bonds is 5. The van der Waals surface area contributed by atoms with Crippen LogP contribution in [0.5, 0.6) is 0 Å². The third-order valence-electron chi connectivity index (χ3n) is 3.68. The summed E-state index contributed by atoms with van der Waals surface area (Å²) in [5, 5.41) is 0. The van der Waals surface area contributed by atoms with Crippen LogP contribution < -0.4 is 5.73 Å². The monoisotopic (exact) mass is 276 g/mol. The van der Waals surface area contributed by atoms with Gasteiger partial charge in [0.2, 0.25) is 10.0 Å². The first kappa shape index (κ1) is 15.9. The molecule has 4 nitrogen and oxygen atoms in total. The Morgan fingerprint density at radius 2 is 1.72 bits per heavy atom. The minimum atomic E-state index is -3.23. The van der Waals surface area contributed by atoms with Crippen LogP contribution in [-0.2, 0) is 10.0 Å². The molecule has 1 fully saturated rings. The van der Waals surface area contributed by atoms with E-state index in [2.05, 4.69) is 0 Å². The number of nitrogens with two attached hydrogens (primary N) is 1. The molecule has 0 aromatic carbocycles. The number of hydrogen-bond donors (Lipinski definition) is 1. The summed E-state index contributed by atoms with van der Waals surface area (Å²) in [5.74, 6) is 0.190. The van der Waals surface area contributed by atoms with E-state index in [1.165, 1.54) is 0 Å². The highest BCUT2D eigenvalue weighted by molar-refractivity contribution is 7.89. The van der Waals surface area contributed by atoms with Crippen molar-refractivity contribution in [2.75, 3.05) is 18.8 Å². The van der Waals surface area contributed by atoms with Gasteiger partial charge in [0.25, 0.3) is 0 Å². The van der Waals surface area contributed by atoms with Crippen LogP contribution in [0.1, 0.15) is 53.4 Å². The molecule has 18 heavy (non-hydrogen) atoms. The second-order valence-electron chi connectivity index (χ2n) is 6.62. The molecule has 1 aliphatic rings. The van der Waals surface area contributed by atoms with E-state index in [-0.39, 0.29) is 16.7 Å². The predicted octanol–water partition coefficient (Wildman–Crippen LogP) is 1.96. The molecule has 0 unspecified atom stereocenters. The van der Waals surface area contributed by atoms with Crippen LogP contribution >= 0.6 is 0 Å². The third kappa shape index (κ3) is 3.45.